The molecular formula is C20H35IN4O. The molecule has 2 unspecified atom stereocenters. The van der Waals surface area contributed by atoms with Gasteiger partial charge < -0.3 is 15.7 Å². The SMILES string of the molecule is CCNC(=NCCC(O)c1ccccc1)NCCN1CCCCC1C.I. The summed E-state index contributed by atoms with van der Waals surface area (Å²) in [6.45, 7) is 9.00. The lowest BCUT2D eigenvalue weighted by atomic mass is 10.0. The first-order valence-electron chi connectivity index (χ1n) is 9.70. The molecule has 0 radical (unpaired) electrons. The molecule has 0 spiro atoms. The van der Waals surface area contributed by atoms with E-state index in [0.717, 1.165) is 31.2 Å². The molecule has 0 amide bonds. The number of rotatable bonds is 8. The number of likely N-dealkylation sites (tertiary alicyclic amines) is 1. The molecule has 26 heavy (non-hydrogen) atoms. The van der Waals surface area contributed by atoms with Crippen molar-refractivity contribution in [2.75, 3.05) is 32.7 Å². The number of hydrogen-bond donors (Lipinski definition) is 3. The van der Waals surface area contributed by atoms with Crippen LogP contribution in [0, 0.1) is 0 Å². The van der Waals surface area contributed by atoms with Gasteiger partial charge in [0.15, 0.2) is 5.96 Å². The Kier molecular flexibility index (Phi) is 11.9. The maximum atomic E-state index is 10.2. The fourth-order valence-electron chi connectivity index (χ4n) is 3.29. The average molecular weight is 474 g/mol. The Balaban J connectivity index is 0.00000338. The summed E-state index contributed by atoms with van der Waals surface area (Å²) in [6.07, 6.45) is 4.16. The molecule has 1 heterocycles. The van der Waals surface area contributed by atoms with Crippen LogP contribution in [0.3, 0.4) is 0 Å². The lowest BCUT2D eigenvalue weighted by Crippen LogP contribution is -2.45. The summed E-state index contributed by atoms with van der Waals surface area (Å²) in [7, 11) is 0. The van der Waals surface area contributed by atoms with E-state index in [1.165, 1.54) is 25.8 Å². The average Bonchev–Trinajstić information content (AvgIpc) is 2.64. The lowest BCUT2D eigenvalue weighted by molar-refractivity contribution is 0.163. The first-order valence-corrected chi connectivity index (χ1v) is 9.70. The van der Waals surface area contributed by atoms with E-state index >= 15 is 0 Å². The molecule has 1 aromatic rings. The van der Waals surface area contributed by atoms with Crippen LogP contribution in [-0.2, 0) is 0 Å². The van der Waals surface area contributed by atoms with Gasteiger partial charge in [0.1, 0.15) is 0 Å². The molecule has 1 aliphatic heterocycles. The van der Waals surface area contributed by atoms with Gasteiger partial charge in [-0.05, 0) is 45.2 Å². The zero-order chi connectivity index (χ0) is 17.9. The van der Waals surface area contributed by atoms with E-state index in [4.69, 9.17) is 0 Å². The molecule has 6 heteroatoms. The molecule has 3 N–H and O–H groups in total. The van der Waals surface area contributed by atoms with E-state index in [9.17, 15) is 5.11 Å². The highest BCUT2D eigenvalue weighted by Crippen LogP contribution is 2.16. The standard InChI is InChI=1S/C20H34N4O.HI/c1-3-21-20(23-14-16-24-15-8-7-9-17(24)2)22-13-12-19(25)18-10-5-4-6-11-18;/h4-6,10-11,17,19,25H,3,7-9,12-16H2,1-2H3,(H2,21,22,23);1H. The number of aliphatic imine (C=N–C) groups is 1. The van der Waals surface area contributed by atoms with Crippen LogP contribution in [0.1, 0.15) is 51.2 Å². The molecule has 148 valence electrons. The molecule has 1 aromatic carbocycles. The first-order chi connectivity index (χ1) is 12.2. The van der Waals surface area contributed by atoms with Crippen molar-refractivity contribution in [1.29, 1.82) is 0 Å². The Morgan fingerprint density at radius 1 is 1.27 bits per heavy atom. The number of nitrogens with one attached hydrogen (secondary N) is 2. The summed E-state index contributed by atoms with van der Waals surface area (Å²) in [5.41, 5.74) is 0.953. The molecule has 0 bridgehead atoms. The number of aliphatic hydroxyl groups is 1. The van der Waals surface area contributed by atoms with Crippen LogP contribution in [0.15, 0.2) is 35.3 Å². The van der Waals surface area contributed by atoms with Crippen molar-refractivity contribution in [3.8, 4) is 0 Å². The van der Waals surface area contributed by atoms with Crippen LogP contribution in [0.2, 0.25) is 0 Å². The van der Waals surface area contributed by atoms with E-state index in [0.29, 0.717) is 19.0 Å². The second-order valence-electron chi connectivity index (χ2n) is 6.78. The van der Waals surface area contributed by atoms with E-state index < -0.39 is 6.10 Å². The molecule has 5 nitrogen and oxygen atoms in total. The summed E-state index contributed by atoms with van der Waals surface area (Å²) < 4.78 is 0. The Morgan fingerprint density at radius 2 is 2.04 bits per heavy atom. The molecule has 2 rings (SSSR count). The van der Waals surface area contributed by atoms with Crippen molar-refractivity contribution in [3.05, 3.63) is 35.9 Å². The lowest BCUT2D eigenvalue weighted by Gasteiger charge is -2.33. The number of benzene rings is 1. The molecule has 1 fully saturated rings. The van der Waals surface area contributed by atoms with Crippen molar-refractivity contribution >= 4 is 29.9 Å². The van der Waals surface area contributed by atoms with Crippen molar-refractivity contribution in [2.24, 2.45) is 4.99 Å². The number of piperidine rings is 1. The Labute approximate surface area is 175 Å². The zero-order valence-electron chi connectivity index (χ0n) is 16.2. The predicted octanol–water partition coefficient (Wildman–Crippen LogP) is 3.16. The van der Waals surface area contributed by atoms with Crippen molar-refractivity contribution in [1.82, 2.24) is 15.5 Å². The second kappa shape index (κ2) is 13.3. The Hall–Kier alpha value is -0.860. The van der Waals surface area contributed by atoms with Gasteiger partial charge in [-0.2, -0.15) is 0 Å². The highest BCUT2D eigenvalue weighted by Gasteiger charge is 2.17. The molecule has 1 aliphatic rings. The summed E-state index contributed by atoms with van der Waals surface area (Å²) in [5, 5.41) is 16.9. The number of aliphatic hydroxyl groups excluding tert-OH is 1. The molecular weight excluding hydrogens is 439 g/mol. The number of nitrogens with zero attached hydrogens (tertiary/aromatic N) is 2. The van der Waals surface area contributed by atoms with Crippen LogP contribution >= 0.6 is 24.0 Å². The number of hydrogen-bond acceptors (Lipinski definition) is 3. The van der Waals surface area contributed by atoms with Gasteiger partial charge in [0.2, 0.25) is 0 Å². The summed E-state index contributed by atoms with van der Waals surface area (Å²) in [6, 6.07) is 10.5. The van der Waals surface area contributed by atoms with Crippen LogP contribution in [0.4, 0.5) is 0 Å². The van der Waals surface area contributed by atoms with Gasteiger partial charge in [-0.1, -0.05) is 36.8 Å². The third kappa shape index (κ3) is 8.22. The van der Waals surface area contributed by atoms with Crippen molar-refractivity contribution in [2.45, 2.75) is 51.7 Å². The third-order valence-electron chi connectivity index (χ3n) is 4.83. The monoisotopic (exact) mass is 474 g/mol. The normalized spacial score (nSPS) is 19.5. The van der Waals surface area contributed by atoms with Crippen molar-refractivity contribution < 1.29 is 5.11 Å². The van der Waals surface area contributed by atoms with E-state index in [1.807, 2.05) is 30.3 Å². The first kappa shape index (κ1) is 23.2. The van der Waals surface area contributed by atoms with Crippen LogP contribution < -0.4 is 10.6 Å². The maximum Gasteiger partial charge on any atom is 0.191 e. The van der Waals surface area contributed by atoms with Gasteiger partial charge >= 0.3 is 0 Å². The highest BCUT2D eigenvalue weighted by atomic mass is 127. The molecule has 0 aromatic heterocycles. The Morgan fingerprint density at radius 3 is 2.73 bits per heavy atom. The summed E-state index contributed by atoms with van der Waals surface area (Å²) in [4.78, 5) is 7.15. The van der Waals surface area contributed by atoms with Crippen LogP contribution in [-0.4, -0.2) is 54.7 Å². The smallest absolute Gasteiger partial charge is 0.191 e. The van der Waals surface area contributed by atoms with Crippen LogP contribution in [0.25, 0.3) is 0 Å². The minimum Gasteiger partial charge on any atom is -0.388 e. The number of guanidine groups is 1. The minimum absolute atomic E-state index is 0. The van der Waals surface area contributed by atoms with Crippen LogP contribution in [0.5, 0.6) is 0 Å². The summed E-state index contributed by atoms with van der Waals surface area (Å²) >= 11 is 0. The minimum atomic E-state index is -0.456. The van der Waals surface area contributed by atoms with E-state index in [1.54, 1.807) is 0 Å². The highest BCUT2D eigenvalue weighted by molar-refractivity contribution is 14.0. The third-order valence-corrected chi connectivity index (χ3v) is 4.83. The topological polar surface area (TPSA) is 59.9 Å². The second-order valence-corrected chi connectivity index (χ2v) is 6.78. The van der Waals surface area contributed by atoms with Gasteiger partial charge in [-0.25, -0.2) is 0 Å². The largest absolute Gasteiger partial charge is 0.388 e. The van der Waals surface area contributed by atoms with Gasteiger partial charge in [-0.15, -0.1) is 24.0 Å². The Bertz CT molecular complexity index is 512. The summed E-state index contributed by atoms with van der Waals surface area (Å²) in [5.74, 6) is 0.840. The van der Waals surface area contributed by atoms with Crippen molar-refractivity contribution in [3.63, 3.8) is 0 Å². The fraction of sp³-hybridized carbons (Fsp3) is 0.650. The van der Waals surface area contributed by atoms with Gasteiger partial charge in [-0.3, -0.25) is 9.89 Å². The van der Waals surface area contributed by atoms with Gasteiger partial charge in [0.25, 0.3) is 0 Å². The zero-order valence-corrected chi connectivity index (χ0v) is 18.5. The molecule has 1 saturated heterocycles. The predicted molar refractivity (Wildman–Crippen MR) is 120 cm³/mol. The number of halogens is 1. The van der Waals surface area contributed by atoms with Gasteiger partial charge in [0.05, 0.1) is 6.10 Å². The van der Waals surface area contributed by atoms with E-state index in [-0.39, 0.29) is 24.0 Å². The van der Waals surface area contributed by atoms with Gasteiger partial charge in [0, 0.05) is 32.2 Å². The quantitative estimate of drug-likeness (QED) is 0.308. The molecule has 2 atom stereocenters. The molecule has 0 saturated carbocycles. The maximum absolute atomic E-state index is 10.2. The fourth-order valence-corrected chi connectivity index (χ4v) is 3.29. The van der Waals surface area contributed by atoms with E-state index in [2.05, 4.69) is 34.4 Å². The molecule has 0 aliphatic carbocycles.